The van der Waals surface area contributed by atoms with Gasteiger partial charge in [0.2, 0.25) is 0 Å². The summed E-state index contributed by atoms with van der Waals surface area (Å²) in [6.45, 7) is 6.29. The highest BCUT2D eigenvalue weighted by molar-refractivity contribution is 5.32. The number of hydrogen-bond acceptors (Lipinski definition) is 3. The monoisotopic (exact) mass is 290 g/mol. The predicted octanol–water partition coefficient (Wildman–Crippen LogP) is 3.14. The maximum Gasteiger partial charge on any atom is 0.0589 e. The van der Waals surface area contributed by atoms with Crippen molar-refractivity contribution < 1.29 is 4.74 Å². The first-order valence-electron chi connectivity index (χ1n) is 8.27. The summed E-state index contributed by atoms with van der Waals surface area (Å²) in [7, 11) is 1.77. The number of nitrogens with two attached hydrogens (primary N) is 1. The summed E-state index contributed by atoms with van der Waals surface area (Å²) in [6, 6.07) is 9.76. The zero-order valence-electron chi connectivity index (χ0n) is 13.7. The summed E-state index contributed by atoms with van der Waals surface area (Å²) in [5.74, 6) is 0. The SMILES string of the molecule is CCC(C)N(CCOC)C1CCCc2ccccc2C1N. The predicted molar refractivity (Wildman–Crippen MR) is 88.4 cm³/mol. The molecule has 1 aromatic rings. The van der Waals surface area contributed by atoms with Gasteiger partial charge < -0.3 is 10.5 Å². The lowest BCUT2D eigenvalue weighted by molar-refractivity contribution is 0.0728. The van der Waals surface area contributed by atoms with Gasteiger partial charge in [-0.3, -0.25) is 4.90 Å². The number of hydrogen-bond donors (Lipinski definition) is 1. The van der Waals surface area contributed by atoms with E-state index < -0.39 is 0 Å². The van der Waals surface area contributed by atoms with Gasteiger partial charge in [0, 0.05) is 31.8 Å². The number of aryl methyl sites for hydroxylation is 1. The Morgan fingerprint density at radius 1 is 1.38 bits per heavy atom. The fraction of sp³-hybridized carbons (Fsp3) is 0.667. The van der Waals surface area contributed by atoms with Gasteiger partial charge >= 0.3 is 0 Å². The molecular weight excluding hydrogens is 260 g/mol. The molecule has 3 unspecified atom stereocenters. The van der Waals surface area contributed by atoms with E-state index in [-0.39, 0.29) is 6.04 Å². The van der Waals surface area contributed by atoms with E-state index in [4.69, 9.17) is 10.5 Å². The van der Waals surface area contributed by atoms with Crippen molar-refractivity contribution in [1.29, 1.82) is 0 Å². The summed E-state index contributed by atoms with van der Waals surface area (Å²) >= 11 is 0. The van der Waals surface area contributed by atoms with Crippen molar-refractivity contribution in [2.75, 3.05) is 20.3 Å². The molecule has 0 amide bonds. The van der Waals surface area contributed by atoms with Crippen LogP contribution in [0.15, 0.2) is 24.3 Å². The number of rotatable bonds is 6. The Bertz CT molecular complexity index is 435. The highest BCUT2D eigenvalue weighted by Gasteiger charge is 2.31. The molecule has 0 spiro atoms. The van der Waals surface area contributed by atoms with Crippen LogP contribution in [0.25, 0.3) is 0 Å². The van der Waals surface area contributed by atoms with Gasteiger partial charge in [0.25, 0.3) is 0 Å². The Hall–Kier alpha value is -0.900. The molecule has 0 saturated carbocycles. The van der Waals surface area contributed by atoms with E-state index in [9.17, 15) is 0 Å². The third kappa shape index (κ3) is 3.85. The van der Waals surface area contributed by atoms with Crippen LogP contribution in [0.5, 0.6) is 0 Å². The van der Waals surface area contributed by atoms with Crippen LogP contribution >= 0.6 is 0 Å². The molecule has 2 rings (SSSR count). The molecule has 3 heteroatoms. The van der Waals surface area contributed by atoms with Crippen molar-refractivity contribution in [2.24, 2.45) is 5.73 Å². The quantitative estimate of drug-likeness (QED) is 0.818. The minimum atomic E-state index is 0.106. The fourth-order valence-electron chi connectivity index (χ4n) is 3.49. The molecule has 0 aromatic heterocycles. The zero-order chi connectivity index (χ0) is 15.2. The van der Waals surface area contributed by atoms with Crippen LogP contribution in [-0.4, -0.2) is 37.2 Å². The van der Waals surface area contributed by atoms with Gasteiger partial charge in [0.15, 0.2) is 0 Å². The van der Waals surface area contributed by atoms with Gasteiger partial charge in [-0.1, -0.05) is 31.2 Å². The topological polar surface area (TPSA) is 38.5 Å². The van der Waals surface area contributed by atoms with E-state index >= 15 is 0 Å². The lowest BCUT2D eigenvalue weighted by Gasteiger charge is -2.39. The molecule has 0 aliphatic heterocycles. The average molecular weight is 290 g/mol. The maximum atomic E-state index is 6.67. The third-order valence-corrected chi connectivity index (χ3v) is 4.91. The third-order valence-electron chi connectivity index (χ3n) is 4.91. The second-order valence-electron chi connectivity index (χ2n) is 6.17. The van der Waals surface area contributed by atoms with Crippen molar-refractivity contribution >= 4 is 0 Å². The Morgan fingerprint density at radius 3 is 2.86 bits per heavy atom. The van der Waals surface area contributed by atoms with Crippen LogP contribution in [0.3, 0.4) is 0 Å². The Morgan fingerprint density at radius 2 is 2.14 bits per heavy atom. The second kappa shape index (κ2) is 7.92. The van der Waals surface area contributed by atoms with E-state index in [0.29, 0.717) is 12.1 Å². The standard InChI is InChI=1S/C18H30N2O/c1-4-14(2)20(12-13-21-3)17-11-7-9-15-8-5-6-10-16(15)18(17)19/h5-6,8,10,14,17-18H,4,7,9,11-13,19H2,1-3H3. The molecule has 3 nitrogen and oxygen atoms in total. The molecule has 1 aromatic carbocycles. The molecule has 0 saturated heterocycles. The highest BCUT2D eigenvalue weighted by atomic mass is 16.5. The number of fused-ring (bicyclic) bond motifs is 1. The molecule has 21 heavy (non-hydrogen) atoms. The minimum Gasteiger partial charge on any atom is -0.383 e. The van der Waals surface area contributed by atoms with E-state index in [0.717, 1.165) is 26.0 Å². The largest absolute Gasteiger partial charge is 0.383 e. The summed E-state index contributed by atoms with van der Waals surface area (Å²) < 4.78 is 5.31. The summed E-state index contributed by atoms with van der Waals surface area (Å²) in [4.78, 5) is 2.57. The van der Waals surface area contributed by atoms with E-state index in [1.165, 1.54) is 24.0 Å². The first-order valence-corrected chi connectivity index (χ1v) is 8.27. The van der Waals surface area contributed by atoms with Crippen molar-refractivity contribution in [2.45, 2.75) is 57.7 Å². The van der Waals surface area contributed by atoms with Gasteiger partial charge in [-0.2, -0.15) is 0 Å². The Labute approximate surface area is 129 Å². The van der Waals surface area contributed by atoms with E-state index in [1.54, 1.807) is 7.11 Å². The highest BCUT2D eigenvalue weighted by Crippen LogP contribution is 2.31. The van der Waals surface area contributed by atoms with Crippen molar-refractivity contribution in [1.82, 2.24) is 4.90 Å². The molecule has 0 fully saturated rings. The molecule has 0 radical (unpaired) electrons. The molecule has 0 bridgehead atoms. The van der Waals surface area contributed by atoms with Gasteiger partial charge in [-0.15, -0.1) is 0 Å². The number of nitrogens with zero attached hydrogens (tertiary/aromatic N) is 1. The summed E-state index contributed by atoms with van der Waals surface area (Å²) in [5, 5.41) is 0. The maximum absolute atomic E-state index is 6.67. The molecule has 0 heterocycles. The first kappa shape index (κ1) is 16.5. The molecule has 3 atom stereocenters. The van der Waals surface area contributed by atoms with Crippen LogP contribution in [0.2, 0.25) is 0 Å². The Kier molecular flexibility index (Phi) is 6.22. The molecule has 1 aliphatic carbocycles. The van der Waals surface area contributed by atoms with Crippen LogP contribution < -0.4 is 5.73 Å². The molecule has 2 N–H and O–H groups in total. The lowest BCUT2D eigenvalue weighted by atomic mass is 9.94. The normalized spacial score (nSPS) is 23.7. The number of benzene rings is 1. The molecule has 1 aliphatic rings. The van der Waals surface area contributed by atoms with E-state index in [1.807, 2.05) is 0 Å². The molecular formula is C18H30N2O. The van der Waals surface area contributed by atoms with Crippen molar-refractivity contribution in [3.8, 4) is 0 Å². The summed E-state index contributed by atoms with van der Waals surface area (Å²) in [5.41, 5.74) is 9.45. The first-order chi connectivity index (χ1) is 10.2. The van der Waals surface area contributed by atoms with Gasteiger partial charge in [0.05, 0.1) is 6.61 Å². The Balaban J connectivity index is 2.23. The van der Waals surface area contributed by atoms with Gasteiger partial charge in [-0.25, -0.2) is 0 Å². The average Bonchev–Trinajstić information content (AvgIpc) is 2.68. The van der Waals surface area contributed by atoms with Crippen molar-refractivity contribution in [3.05, 3.63) is 35.4 Å². The lowest BCUT2D eigenvalue weighted by Crippen LogP contribution is -2.48. The fourth-order valence-corrected chi connectivity index (χ4v) is 3.49. The van der Waals surface area contributed by atoms with Crippen molar-refractivity contribution in [3.63, 3.8) is 0 Å². The minimum absolute atomic E-state index is 0.106. The number of ether oxygens (including phenoxy) is 1. The second-order valence-corrected chi connectivity index (χ2v) is 6.17. The zero-order valence-corrected chi connectivity index (χ0v) is 13.7. The van der Waals surface area contributed by atoms with Crippen LogP contribution in [0, 0.1) is 0 Å². The molecule has 118 valence electrons. The van der Waals surface area contributed by atoms with Gasteiger partial charge in [-0.05, 0) is 43.7 Å². The smallest absolute Gasteiger partial charge is 0.0589 e. The van der Waals surface area contributed by atoms with E-state index in [2.05, 4.69) is 43.0 Å². The number of methoxy groups -OCH3 is 1. The summed E-state index contributed by atoms with van der Waals surface area (Å²) in [6.07, 6.45) is 4.69. The van der Waals surface area contributed by atoms with Crippen LogP contribution in [0.1, 0.15) is 50.3 Å². The van der Waals surface area contributed by atoms with Crippen LogP contribution in [0.4, 0.5) is 0 Å². The van der Waals surface area contributed by atoms with Crippen LogP contribution in [-0.2, 0) is 11.2 Å². The van der Waals surface area contributed by atoms with Gasteiger partial charge in [0.1, 0.15) is 0 Å².